The largest absolute Gasteiger partial charge is 0.395 e. The number of carbonyl (C=O) groups is 1. The van der Waals surface area contributed by atoms with Crippen molar-refractivity contribution in [2.24, 2.45) is 0 Å². The summed E-state index contributed by atoms with van der Waals surface area (Å²) < 4.78 is 0. The molecule has 0 unspecified atom stereocenters. The summed E-state index contributed by atoms with van der Waals surface area (Å²) in [6, 6.07) is 0. The zero-order valence-electron chi connectivity index (χ0n) is 8.08. The van der Waals surface area contributed by atoms with Gasteiger partial charge < -0.3 is 14.9 Å². The molecule has 4 nitrogen and oxygen atoms in total. The lowest BCUT2D eigenvalue weighted by Gasteiger charge is -2.20. The van der Waals surface area contributed by atoms with Gasteiger partial charge in [-0.25, -0.2) is 0 Å². The zero-order chi connectivity index (χ0) is 9.56. The number of aliphatic hydroxyl groups is 1. The van der Waals surface area contributed by atoms with Crippen LogP contribution >= 0.6 is 0 Å². The molecule has 0 fully saturated rings. The van der Waals surface area contributed by atoms with Crippen LogP contribution in [0.1, 0.15) is 6.92 Å². The van der Waals surface area contributed by atoms with Crippen molar-refractivity contribution in [2.75, 3.05) is 40.3 Å². The van der Waals surface area contributed by atoms with Gasteiger partial charge in [-0.05, 0) is 7.05 Å². The number of aliphatic hydroxyl groups excluding tert-OH is 1. The third-order valence-corrected chi connectivity index (χ3v) is 1.84. The highest BCUT2D eigenvalue weighted by molar-refractivity contribution is 5.72. The maximum Gasteiger partial charge on any atom is 0.219 e. The highest BCUT2D eigenvalue weighted by Gasteiger charge is 2.03. The van der Waals surface area contributed by atoms with Crippen LogP contribution in [-0.2, 0) is 4.79 Å². The van der Waals surface area contributed by atoms with Gasteiger partial charge in [0.15, 0.2) is 0 Å². The number of nitrogens with zero attached hydrogens (tertiary/aromatic N) is 2. The van der Waals surface area contributed by atoms with Crippen molar-refractivity contribution >= 4 is 5.91 Å². The summed E-state index contributed by atoms with van der Waals surface area (Å²) in [5.74, 6) is 0.0763. The maximum absolute atomic E-state index is 10.8. The highest BCUT2D eigenvalue weighted by Crippen LogP contribution is 1.86. The van der Waals surface area contributed by atoms with Gasteiger partial charge in [0, 0.05) is 33.6 Å². The minimum absolute atomic E-state index is 0.0763. The molecule has 0 radical (unpaired) electrons. The van der Waals surface area contributed by atoms with Crippen LogP contribution in [0.5, 0.6) is 0 Å². The molecule has 72 valence electrons. The number of amides is 1. The quantitative estimate of drug-likeness (QED) is 0.604. The number of carbonyl (C=O) groups excluding carboxylic acids is 1. The summed E-state index contributed by atoms with van der Waals surface area (Å²) in [6.45, 7) is 3.89. The monoisotopic (exact) mass is 174 g/mol. The van der Waals surface area contributed by atoms with Gasteiger partial charge in [-0.2, -0.15) is 0 Å². The molecule has 1 N–H and O–H groups in total. The molecule has 0 aliphatic heterocycles. The zero-order valence-corrected chi connectivity index (χ0v) is 8.08. The van der Waals surface area contributed by atoms with E-state index >= 15 is 0 Å². The van der Waals surface area contributed by atoms with E-state index in [1.165, 1.54) is 0 Å². The van der Waals surface area contributed by atoms with E-state index in [2.05, 4.69) is 0 Å². The first-order valence-corrected chi connectivity index (χ1v) is 4.09. The summed E-state index contributed by atoms with van der Waals surface area (Å²) in [5.41, 5.74) is 0. The molecular weight excluding hydrogens is 156 g/mol. The van der Waals surface area contributed by atoms with Crippen LogP contribution in [-0.4, -0.2) is 61.2 Å². The fraction of sp³-hybridized carbons (Fsp3) is 0.875. The summed E-state index contributed by atoms with van der Waals surface area (Å²) in [5, 5.41) is 8.59. The summed E-state index contributed by atoms with van der Waals surface area (Å²) in [7, 11) is 3.69. The van der Waals surface area contributed by atoms with E-state index in [0.29, 0.717) is 13.1 Å². The van der Waals surface area contributed by atoms with Gasteiger partial charge >= 0.3 is 0 Å². The highest BCUT2D eigenvalue weighted by atomic mass is 16.3. The lowest BCUT2D eigenvalue weighted by Crippen LogP contribution is -2.34. The normalized spacial score (nSPS) is 10.4. The van der Waals surface area contributed by atoms with Crippen molar-refractivity contribution in [2.45, 2.75) is 6.92 Å². The van der Waals surface area contributed by atoms with Crippen LogP contribution in [0.2, 0.25) is 0 Å². The molecule has 0 rings (SSSR count). The van der Waals surface area contributed by atoms with E-state index < -0.39 is 0 Å². The van der Waals surface area contributed by atoms with Crippen molar-refractivity contribution in [3.8, 4) is 0 Å². The van der Waals surface area contributed by atoms with Gasteiger partial charge in [-0.3, -0.25) is 4.79 Å². The molecule has 0 heterocycles. The van der Waals surface area contributed by atoms with Crippen LogP contribution in [0.25, 0.3) is 0 Å². The molecule has 0 aliphatic rings. The predicted octanol–water partition coefficient (Wildman–Crippen LogP) is -0.611. The van der Waals surface area contributed by atoms with Gasteiger partial charge in [0.2, 0.25) is 5.91 Å². The first-order chi connectivity index (χ1) is 5.57. The van der Waals surface area contributed by atoms with Crippen molar-refractivity contribution in [3.63, 3.8) is 0 Å². The van der Waals surface area contributed by atoms with Gasteiger partial charge in [0.1, 0.15) is 0 Å². The van der Waals surface area contributed by atoms with Gasteiger partial charge in [0.05, 0.1) is 6.61 Å². The Hall–Kier alpha value is -0.610. The molecule has 0 aromatic rings. The second kappa shape index (κ2) is 5.97. The molecule has 0 spiro atoms. The standard InChI is InChI=1S/C8H18N2O2/c1-8(12)10(3)5-4-9(2)6-7-11/h11H,4-7H2,1-3H3. The van der Waals surface area contributed by atoms with E-state index in [4.69, 9.17) is 5.11 Å². The Morgan fingerprint density at radius 2 is 1.83 bits per heavy atom. The summed E-state index contributed by atoms with van der Waals surface area (Å²) in [6.07, 6.45) is 0. The Balaban J connectivity index is 3.46. The Bertz CT molecular complexity index is 139. The third-order valence-electron chi connectivity index (χ3n) is 1.84. The molecule has 12 heavy (non-hydrogen) atoms. The lowest BCUT2D eigenvalue weighted by molar-refractivity contribution is -0.127. The van der Waals surface area contributed by atoms with Crippen LogP contribution in [0.15, 0.2) is 0 Å². The van der Waals surface area contributed by atoms with E-state index in [0.717, 1.165) is 6.54 Å². The lowest BCUT2D eigenvalue weighted by atomic mass is 10.4. The van der Waals surface area contributed by atoms with Crippen molar-refractivity contribution in [1.82, 2.24) is 9.80 Å². The van der Waals surface area contributed by atoms with Crippen molar-refractivity contribution in [3.05, 3.63) is 0 Å². The fourth-order valence-electron chi connectivity index (χ4n) is 0.761. The summed E-state index contributed by atoms with van der Waals surface area (Å²) in [4.78, 5) is 14.4. The first-order valence-electron chi connectivity index (χ1n) is 4.09. The van der Waals surface area contributed by atoms with E-state index in [1.807, 2.05) is 11.9 Å². The van der Waals surface area contributed by atoms with E-state index in [9.17, 15) is 4.79 Å². The second-order valence-electron chi connectivity index (χ2n) is 2.97. The molecule has 0 saturated carbocycles. The van der Waals surface area contributed by atoms with Crippen LogP contribution in [0.3, 0.4) is 0 Å². The minimum atomic E-state index is 0.0763. The van der Waals surface area contributed by atoms with Crippen LogP contribution in [0, 0.1) is 0 Å². The van der Waals surface area contributed by atoms with Gasteiger partial charge in [0.25, 0.3) is 0 Å². The average Bonchev–Trinajstić information content (AvgIpc) is 2.00. The molecule has 0 aliphatic carbocycles. The topological polar surface area (TPSA) is 43.8 Å². The molecule has 1 amide bonds. The number of likely N-dealkylation sites (N-methyl/N-ethyl adjacent to an activating group) is 2. The number of rotatable bonds is 5. The maximum atomic E-state index is 10.8. The number of hydrogen-bond acceptors (Lipinski definition) is 3. The fourth-order valence-corrected chi connectivity index (χ4v) is 0.761. The predicted molar refractivity (Wildman–Crippen MR) is 47.9 cm³/mol. The van der Waals surface area contributed by atoms with E-state index in [1.54, 1.807) is 18.9 Å². The Kier molecular flexibility index (Phi) is 5.66. The van der Waals surface area contributed by atoms with Crippen molar-refractivity contribution in [1.29, 1.82) is 0 Å². The molecule has 4 heteroatoms. The van der Waals surface area contributed by atoms with E-state index in [-0.39, 0.29) is 12.5 Å². The molecule has 0 saturated heterocycles. The first kappa shape index (κ1) is 11.4. The Morgan fingerprint density at radius 3 is 2.25 bits per heavy atom. The molecular formula is C8H18N2O2. The van der Waals surface area contributed by atoms with Crippen LogP contribution in [0.4, 0.5) is 0 Å². The second-order valence-corrected chi connectivity index (χ2v) is 2.97. The molecule has 0 bridgehead atoms. The molecule has 0 aromatic heterocycles. The van der Waals surface area contributed by atoms with Crippen LogP contribution < -0.4 is 0 Å². The number of hydrogen-bond donors (Lipinski definition) is 1. The SMILES string of the molecule is CC(=O)N(C)CCN(C)CCO. The Morgan fingerprint density at radius 1 is 1.25 bits per heavy atom. The third kappa shape index (κ3) is 5.09. The van der Waals surface area contributed by atoms with Crippen molar-refractivity contribution < 1.29 is 9.90 Å². The molecule has 0 aromatic carbocycles. The average molecular weight is 174 g/mol. The Labute approximate surface area is 73.8 Å². The van der Waals surface area contributed by atoms with Gasteiger partial charge in [-0.1, -0.05) is 0 Å². The van der Waals surface area contributed by atoms with Gasteiger partial charge in [-0.15, -0.1) is 0 Å². The minimum Gasteiger partial charge on any atom is -0.395 e. The smallest absolute Gasteiger partial charge is 0.219 e. The molecule has 0 atom stereocenters. The summed E-state index contributed by atoms with van der Waals surface area (Å²) >= 11 is 0.